The largest absolute Gasteiger partial charge is 0.462 e. The predicted octanol–water partition coefficient (Wildman–Crippen LogP) is 2.00. The van der Waals surface area contributed by atoms with Crippen molar-refractivity contribution in [2.45, 2.75) is 6.92 Å². The molecule has 0 N–H and O–H groups in total. The fraction of sp³-hybridized carbons (Fsp3) is 0.250. The minimum atomic E-state index is -0.671. The first kappa shape index (κ1) is 10.4. The molecule has 0 aliphatic carbocycles. The maximum atomic E-state index is 12.7. The van der Waals surface area contributed by atoms with Crippen LogP contribution in [0.15, 0.2) is 12.1 Å². The second-order valence-electron chi connectivity index (χ2n) is 2.22. The van der Waals surface area contributed by atoms with Crippen LogP contribution in [0.5, 0.6) is 0 Å². The molecule has 0 spiro atoms. The molecule has 0 aliphatic heterocycles. The van der Waals surface area contributed by atoms with E-state index in [4.69, 9.17) is 4.74 Å². The van der Waals surface area contributed by atoms with Crippen LogP contribution in [-0.4, -0.2) is 17.6 Å². The highest BCUT2D eigenvalue weighted by Gasteiger charge is 2.09. The highest BCUT2D eigenvalue weighted by molar-refractivity contribution is 14.1. The second-order valence-corrected chi connectivity index (χ2v) is 3.33. The van der Waals surface area contributed by atoms with Gasteiger partial charge in [-0.15, -0.1) is 0 Å². The summed E-state index contributed by atoms with van der Waals surface area (Å²) in [5.74, 6) is -1.20. The van der Waals surface area contributed by atoms with E-state index in [1.165, 1.54) is 6.07 Å². The third kappa shape index (κ3) is 2.91. The van der Waals surface area contributed by atoms with E-state index in [1.54, 1.807) is 6.92 Å². The van der Waals surface area contributed by atoms with Gasteiger partial charge < -0.3 is 4.74 Å². The summed E-state index contributed by atoms with van der Waals surface area (Å²) in [6, 6.07) is 2.53. The number of carbonyl (C=O) groups excluding carboxylic acids is 1. The molecule has 0 aliphatic rings. The van der Waals surface area contributed by atoms with E-state index < -0.39 is 11.9 Å². The fourth-order valence-corrected chi connectivity index (χ4v) is 1.36. The fourth-order valence-electron chi connectivity index (χ4n) is 0.797. The average molecular weight is 295 g/mol. The van der Waals surface area contributed by atoms with Crippen molar-refractivity contribution in [3.63, 3.8) is 0 Å². The summed E-state index contributed by atoms with van der Waals surface area (Å²) in [4.78, 5) is 14.6. The molecule has 1 heterocycles. The van der Waals surface area contributed by atoms with Crippen molar-refractivity contribution in [1.82, 2.24) is 4.98 Å². The standard InChI is InChI=1S/C8H7FINO2/c1-2-13-8(12)5-3-6(9)11-7(10)4-5/h3-4H,2H2,1H3. The molecule has 5 heteroatoms. The van der Waals surface area contributed by atoms with Crippen molar-refractivity contribution in [1.29, 1.82) is 0 Å². The normalized spacial score (nSPS) is 9.77. The Morgan fingerprint density at radius 1 is 1.69 bits per heavy atom. The Hall–Kier alpha value is -0.720. The molecule has 0 amide bonds. The highest BCUT2D eigenvalue weighted by atomic mass is 127. The van der Waals surface area contributed by atoms with Crippen molar-refractivity contribution in [2.75, 3.05) is 6.61 Å². The van der Waals surface area contributed by atoms with Crippen molar-refractivity contribution in [2.24, 2.45) is 0 Å². The molecule has 0 unspecified atom stereocenters. The van der Waals surface area contributed by atoms with Gasteiger partial charge in [-0.2, -0.15) is 4.39 Å². The van der Waals surface area contributed by atoms with Crippen LogP contribution >= 0.6 is 22.6 Å². The monoisotopic (exact) mass is 295 g/mol. The Bertz CT molecular complexity index is 310. The molecule has 0 aromatic carbocycles. The number of carbonyl (C=O) groups is 1. The summed E-state index contributed by atoms with van der Waals surface area (Å²) >= 11 is 1.83. The van der Waals surface area contributed by atoms with Gasteiger partial charge in [0.15, 0.2) is 0 Å². The van der Waals surface area contributed by atoms with Crippen LogP contribution in [0.3, 0.4) is 0 Å². The molecular formula is C8H7FINO2. The van der Waals surface area contributed by atoms with Crippen molar-refractivity contribution in [3.8, 4) is 0 Å². The van der Waals surface area contributed by atoms with Crippen LogP contribution in [0.25, 0.3) is 0 Å². The van der Waals surface area contributed by atoms with Gasteiger partial charge in [0.1, 0.15) is 3.70 Å². The molecule has 0 radical (unpaired) electrons. The molecule has 3 nitrogen and oxygen atoms in total. The Morgan fingerprint density at radius 2 is 2.38 bits per heavy atom. The lowest BCUT2D eigenvalue weighted by Crippen LogP contribution is -2.06. The molecule has 1 aromatic heterocycles. The van der Waals surface area contributed by atoms with Gasteiger partial charge in [0.05, 0.1) is 12.2 Å². The second kappa shape index (κ2) is 4.50. The van der Waals surface area contributed by atoms with Gasteiger partial charge in [0, 0.05) is 6.07 Å². The number of pyridine rings is 1. The van der Waals surface area contributed by atoms with Crippen LogP contribution in [0.4, 0.5) is 4.39 Å². The summed E-state index contributed by atoms with van der Waals surface area (Å²) < 4.78 is 17.8. The summed E-state index contributed by atoms with van der Waals surface area (Å²) in [7, 11) is 0. The first-order chi connectivity index (χ1) is 6.13. The van der Waals surface area contributed by atoms with Gasteiger partial charge in [-0.05, 0) is 35.6 Å². The zero-order valence-electron chi connectivity index (χ0n) is 6.88. The molecule has 70 valence electrons. The van der Waals surface area contributed by atoms with Gasteiger partial charge >= 0.3 is 5.97 Å². The molecule has 0 fully saturated rings. The smallest absolute Gasteiger partial charge is 0.338 e. The molecule has 0 bridgehead atoms. The van der Waals surface area contributed by atoms with E-state index in [-0.39, 0.29) is 12.2 Å². The number of esters is 1. The third-order valence-corrected chi connectivity index (χ3v) is 1.83. The van der Waals surface area contributed by atoms with E-state index in [2.05, 4.69) is 4.98 Å². The van der Waals surface area contributed by atoms with Crippen LogP contribution < -0.4 is 0 Å². The quantitative estimate of drug-likeness (QED) is 0.476. The van der Waals surface area contributed by atoms with Gasteiger partial charge in [0.2, 0.25) is 5.95 Å². The number of ether oxygens (including phenoxy) is 1. The maximum absolute atomic E-state index is 12.7. The zero-order valence-corrected chi connectivity index (χ0v) is 9.04. The summed E-state index contributed by atoms with van der Waals surface area (Å²) in [6.07, 6.45) is 0. The van der Waals surface area contributed by atoms with E-state index in [0.29, 0.717) is 3.70 Å². The number of hydrogen-bond donors (Lipinski definition) is 0. The van der Waals surface area contributed by atoms with Crippen molar-refractivity contribution < 1.29 is 13.9 Å². The lowest BCUT2D eigenvalue weighted by atomic mass is 10.3. The van der Waals surface area contributed by atoms with Gasteiger partial charge in [-0.25, -0.2) is 9.78 Å². The van der Waals surface area contributed by atoms with Crippen molar-refractivity contribution >= 4 is 28.6 Å². The van der Waals surface area contributed by atoms with E-state index in [0.717, 1.165) is 6.07 Å². The molecule has 13 heavy (non-hydrogen) atoms. The number of nitrogens with zero attached hydrogens (tertiary/aromatic N) is 1. The minimum Gasteiger partial charge on any atom is -0.462 e. The highest BCUT2D eigenvalue weighted by Crippen LogP contribution is 2.08. The number of hydrogen-bond acceptors (Lipinski definition) is 3. The number of rotatable bonds is 2. The molecule has 0 atom stereocenters. The van der Waals surface area contributed by atoms with Gasteiger partial charge in [0.25, 0.3) is 0 Å². The maximum Gasteiger partial charge on any atom is 0.338 e. The SMILES string of the molecule is CCOC(=O)c1cc(F)nc(I)c1. The summed E-state index contributed by atoms with van der Waals surface area (Å²) in [5.41, 5.74) is 0.193. The van der Waals surface area contributed by atoms with Gasteiger partial charge in [-0.3, -0.25) is 0 Å². The summed E-state index contributed by atoms with van der Waals surface area (Å²) in [5, 5.41) is 0. The Balaban J connectivity index is 2.94. The molecular weight excluding hydrogens is 288 g/mol. The van der Waals surface area contributed by atoms with Crippen LogP contribution in [0.2, 0.25) is 0 Å². The first-order valence-electron chi connectivity index (χ1n) is 3.63. The molecule has 1 rings (SSSR count). The van der Waals surface area contributed by atoms with Gasteiger partial charge in [-0.1, -0.05) is 0 Å². The first-order valence-corrected chi connectivity index (χ1v) is 4.71. The van der Waals surface area contributed by atoms with E-state index in [9.17, 15) is 9.18 Å². The number of aromatic nitrogens is 1. The Morgan fingerprint density at radius 3 is 2.92 bits per heavy atom. The predicted molar refractivity (Wildman–Crippen MR) is 52.9 cm³/mol. The molecule has 1 aromatic rings. The van der Waals surface area contributed by atoms with E-state index in [1.807, 2.05) is 22.6 Å². The zero-order chi connectivity index (χ0) is 9.84. The van der Waals surface area contributed by atoms with E-state index >= 15 is 0 Å². The third-order valence-electron chi connectivity index (χ3n) is 1.27. The summed E-state index contributed by atoms with van der Waals surface area (Å²) in [6.45, 7) is 1.97. The molecule has 0 saturated heterocycles. The van der Waals surface area contributed by atoms with Crippen LogP contribution in [0, 0.1) is 9.65 Å². The van der Waals surface area contributed by atoms with Crippen LogP contribution in [-0.2, 0) is 4.74 Å². The van der Waals surface area contributed by atoms with Crippen LogP contribution in [0.1, 0.15) is 17.3 Å². The van der Waals surface area contributed by atoms with Crippen molar-refractivity contribution in [3.05, 3.63) is 27.3 Å². The average Bonchev–Trinajstić information content (AvgIpc) is 2.03. The topological polar surface area (TPSA) is 39.2 Å². The Kier molecular flexibility index (Phi) is 3.58. The number of halogens is 2. The minimum absolute atomic E-state index is 0.193. The molecule has 0 saturated carbocycles. The lowest BCUT2D eigenvalue weighted by molar-refractivity contribution is 0.0525. The Labute approximate surface area is 88.4 Å². The lowest BCUT2D eigenvalue weighted by Gasteiger charge is -2.01.